The van der Waals surface area contributed by atoms with Crippen LogP contribution in [0, 0.1) is 5.92 Å². The zero-order chi connectivity index (χ0) is 7.11. The Kier molecular flexibility index (Phi) is 6.65. The van der Waals surface area contributed by atoms with Crippen LogP contribution >= 0.6 is 12.9 Å². The number of hydrogen-bond donors (Lipinski definition) is 1. The van der Waals surface area contributed by atoms with Gasteiger partial charge in [-0.1, -0.05) is 26.7 Å². The van der Waals surface area contributed by atoms with Crippen LogP contribution in [0.4, 0.5) is 0 Å². The second-order valence-corrected chi connectivity index (χ2v) is 2.98. The van der Waals surface area contributed by atoms with Crippen molar-refractivity contribution in [1.82, 2.24) is 0 Å². The molecule has 2 heteroatoms. The highest BCUT2D eigenvalue weighted by atomic mass is 32.1. The lowest BCUT2D eigenvalue weighted by molar-refractivity contribution is 0.356. The molecular formula is C7H16OS. The fraction of sp³-hybridized carbons (Fsp3) is 1.00. The summed E-state index contributed by atoms with van der Waals surface area (Å²) in [7, 11) is 0. The van der Waals surface area contributed by atoms with Crippen LogP contribution in [0.25, 0.3) is 0 Å². The molecule has 56 valence electrons. The van der Waals surface area contributed by atoms with Crippen molar-refractivity contribution in [3.05, 3.63) is 0 Å². The van der Waals surface area contributed by atoms with E-state index in [1.54, 1.807) is 0 Å². The first kappa shape index (κ1) is 9.31. The van der Waals surface area contributed by atoms with Gasteiger partial charge in [0.05, 0.1) is 6.61 Å². The molecule has 0 atom stereocenters. The first-order chi connectivity index (χ1) is 4.27. The Morgan fingerprint density at radius 3 is 2.44 bits per heavy atom. The van der Waals surface area contributed by atoms with Crippen LogP contribution < -0.4 is 0 Å². The van der Waals surface area contributed by atoms with Gasteiger partial charge in [0.1, 0.15) is 0 Å². The molecule has 0 saturated carbocycles. The van der Waals surface area contributed by atoms with E-state index >= 15 is 0 Å². The van der Waals surface area contributed by atoms with Gasteiger partial charge in [0, 0.05) is 0 Å². The predicted molar refractivity (Wildman–Crippen MR) is 43.6 cm³/mol. The lowest BCUT2D eigenvalue weighted by Crippen LogP contribution is -1.89. The fourth-order valence-corrected chi connectivity index (χ4v) is 0.848. The molecule has 0 fully saturated rings. The minimum Gasteiger partial charge on any atom is -0.319 e. The van der Waals surface area contributed by atoms with Gasteiger partial charge >= 0.3 is 0 Å². The standard InChI is InChI=1S/C7H16OS/c1-7(2)5-3-4-6-8-9/h7,9H,3-6H2,1-2H3. The third kappa shape index (κ3) is 8.31. The average molecular weight is 148 g/mol. The maximum Gasteiger partial charge on any atom is 0.0610 e. The summed E-state index contributed by atoms with van der Waals surface area (Å²) in [6.45, 7) is 5.26. The number of thiol groups is 1. The molecule has 0 rings (SSSR count). The first-order valence-corrected chi connectivity index (χ1v) is 3.90. The predicted octanol–water partition coefficient (Wildman–Crippen LogP) is 2.67. The van der Waals surface area contributed by atoms with Crippen molar-refractivity contribution in [2.24, 2.45) is 5.92 Å². The van der Waals surface area contributed by atoms with E-state index < -0.39 is 0 Å². The van der Waals surface area contributed by atoms with Crippen LogP contribution in [-0.4, -0.2) is 6.61 Å². The fourth-order valence-electron chi connectivity index (χ4n) is 0.719. The van der Waals surface area contributed by atoms with Crippen molar-refractivity contribution in [2.75, 3.05) is 6.61 Å². The van der Waals surface area contributed by atoms with Gasteiger partial charge in [0.25, 0.3) is 0 Å². The van der Waals surface area contributed by atoms with Crippen molar-refractivity contribution >= 4 is 12.9 Å². The van der Waals surface area contributed by atoms with Crippen molar-refractivity contribution in [3.63, 3.8) is 0 Å². The summed E-state index contributed by atoms with van der Waals surface area (Å²) in [5.74, 6) is 0.824. The van der Waals surface area contributed by atoms with Crippen molar-refractivity contribution in [3.8, 4) is 0 Å². The average Bonchev–Trinajstić information content (AvgIpc) is 1.80. The molecule has 0 aliphatic heterocycles. The molecule has 0 N–H and O–H groups in total. The molecular weight excluding hydrogens is 132 g/mol. The second kappa shape index (κ2) is 6.43. The lowest BCUT2D eigenvalue weighted by Gasteiger charge is -2.01. The Balaban J connectivity index is 2.75. The Morgan fingerprint density at radius 1 is 1.33 bits per heavy atom. The summed E-state index contributed by atoms with van der Waals surface area (Å²) < 4.78 is 4.62. The van der Waals surface area contributed by atoms with Gasteiger partial charge < -0.3 is 4.18 Å². The molecule has 0 spiro atoms. The van der Waals surface area contributed by atoms with E-state index in [0.29, 0.717) is 0 Å². The second-order valence-electron chi connectivity index (χ2n) is 2.72. The Hall–Kier alpha value is 0.310. The third-order valence-corrected chi connectivity index (χ3v) is 1.45. The SMILES string of the molecule is CC(C)CCCCOS. The zero-order valence-corrected chi connectivity index (χ0v) is 7.16. The first-order valence-electron chi connectivity index (χ1n) is 3.53. The van der Waals surface area contributed by atoms with Gasteiger partial charge in [-0.15, -0.1) is 0 Å². The van der Waals surface area contributed by atoms with Crippen LogP contribution in [0.5, 0.6) is 0 Å². The van der Waals surface area contributed by atoms with Gasteiger partial charge in [-0.25, -0.2) is 0 Å². The molecule has 0 aliphatic rings. The molecule has 0 saturated heterocycles. The van der Waals surface area contributed by atoms with E-state index in [9.17, 15) is 0 Å². The Morgan fingerprint density at radius 2 is 2.00 bits per heavy atom. The van der Waals surface area contributed by atoms with E-state index in [0.717, 1.165) is 18.9 Å². The highest BCUT2D eigenvalue weighted by Gasteiger charge is 1.92. The summed E-state index contributed by atoms with van der Waals surface area (Å²) in [6, 6.07) is 0. The molecule has 0 radical (unpaired) electrons. The molecule has 0 amide bonds. The van der Waals surface area contributed by atoms with E-state index in [1.807, 2.05) is 0 Å². The minimum atomic E-state index is 0.788. The monoisotopic (exact) mass is 148 g/mol. The van der Waals surface area contributed by atoms with Crippen molar-refractivity contribution in [2.45, 2.75) is 33.1 Å². The maximum absolute atomic E-state index is 4.62. The Labute approximate surface area is 63.4 Å². The molecule has 0 unspecified atom stereocenters. The molecule has 9 heavy (non-hydrogen) atoms. The molecule has 0 aromatic heterocycles. The summed E-state index contributed by atoms with van der Waals surface area (Å²) in [5.41, 5.74) is 0. The normalized spacial score (nSPS) is 10.7. The highest BCUT2D eigenvalue weighted by molar-refractivity contribution is 7.75. The van der Waals surface area contributed by atoms with E-state index in [1.165, 1.54) is 12.8 Å². The lowest BCUT2D eigenvalue weighted by atomic mass is 10.1. The summed E-state index contributed by atoms with van der Waals surface area (Å²) in [5, 5.41) is 0. The molecule has 0 aromatic rings. The van der Waals surface area contributed by atoms with Gasteiger partial charge in [-0.05, 0) is 25.2 Å². The van der Waals surface area contributed by atoms with Crippen molar-refractivity contribution < 1.29 is 4.18 Å². The maximum atomic E-state index is 4.62. The molecule has 0 heterocycles. The number of unbranched alkanes of at least 4 members (excludes halogenated alkanes) is 1. The van der Waals surface area contributed by atoms with Gasteiger partial charge in [0.2, 0.25) is 0 Å². The van der Waals surface area contributed by atoms with Crippen LogP contribution in [0.2, 0.25) is 0 Å². The van der Waals surface area contributed by atoms with Gasteiger partial charge in [-0.2, -0.15) is 0 Å². The topological polar surface area (TPSA) is 9.23 Å². The van der Waals surface area contributed by atoms with Crippen LogP contribution in [-0.2, 0) is 4.18 Å². The summed E-state index contributed by atoms with van der Waals surface area (Å²) in [6.07, 6.45) is 3.71. The summed E-state index contributed by atoms with van der Waals surface area (Å²) >= 11 is 3.65. The van der Waals surface area contributed by atoms with E-state index in [-0.39, 0.29) is 0 Å². The summed E-state index contributed by atoms with van der Waals surface area (Å²) in [4.78, 5) is 0. The van der Waals surface area contributed by atoms with Crippen molar-refractivity contribution in [1.29, 1.82) is 0 Å². The minimum absolute atomic E-state index is 0.788. The van der Waals surface area contributed by atoms with Crippen LogP contribution in [0.15, 0.2) is 0 Å². The third-order valence-electron chi connectivity index (χ3n) is 1.27. The van der Waals surface area contributed by atoms with E-state index in [4.69, 9.17) is 0 Å². The van der Waals surface area contributed by atoms with Crippen LogP contribution in [0.1, 0.15) is 33.1 Å². The number of hydrogen-bond acceptors (Lipinski definition) is 2. The smallest absolute Gasteiger partial charge is 0.0610 e. The Bertz CT molecular complexity index is 54.9. The van der Waals surface area contributed by atoms with E-state index in [2.05, 4.69) is 30.9 Å². The largest absolute Gasteiger partial charge is 0.319 e. The molecule has 0 aliphatic carbocycles. The molecule has 0 aromatic carbocycles. The quantitative estimate of drug-likeness (QED) is 0.358. The van der Waals surface area contributed by atoms with Gasteiger partial charge in [-0.3, -0.25) is 0 Å². The van der Waals surface area contributed by atoms with Crippen LogP contribution in [0.3, 0.4) is 0 Å². The zero-order valence-electron chi connectivity index (χ0n) is 6.26. The molecule has 1 nitrogen and oxygen atoms in total. The molecule has 0 bridgehead atoms. The van der Waals surface area contributed by atoms with Gasteiger partial charge in [0.15, 0.2) is 0 Å². The number of rotatable bonds is 5. The highest BCUT2D eigenvalue weighted by Crippen LogP contribution is 2.05.